The van der Waals surface area contributed by atoms with Gasteiger partial charge in [0, 0.05) is 55.2 Å². The Hall–Kier alpha value is -3.33. The van der Waals surface area contributed by atoms with Gasteiger partial charge >= 0.3 is 6.01 Å². The number of nitrogens with zero attached hydrogens (tertiary/aromatic N) is 5. The third kappa shape index (κ3) is 2.99. The van der Waals surface area contributed by atoms with Crippen LogP contribution in [0.3, 0.4) is 0 Å². The van der Waals surface area contributed by atoms with Crippen LogP contribution in [0, 0.1) is 11.2 Å². The first kappa shape index (κ1) is 20.1. The molecule has 0 radical (unpaired) electrons. The van der Waals surface area contributed by atoms with Gasteiger partial charge in [-0.05, 0) is 48.9 Å². The first-order chi connectivity index (χ1) is 16.5. The molecule has 0 amide bonds. The lowest BCUT2D eigenvalue weighted by Crippen LogP contribution is -2.69. The molecular formula is C25H26FN7O. The standard InChI is InChI=1S/C25H26FN7O/c1-28-18-7-14(26)6-17-16(18)8-19-21(17)23(33-11-25(12-33)5-4-20(25)27)32-24(31-19)34-15-9-29-22(30-10-15)13-2-3-13/h6-7,9-10,13,20,28H,2-5,8,11-12,27H2,1H3. The SMILES string of the molecule is CNc1cc(F)cc2c1Cc1nc(Oc3cnc(C4CC4)nc3)nc(N3CC4(CCC4N)C3)c1-2. The fourth-order valence-corrected chi connectivity index (χ4v) is 5.60. The number of nitrogens with two attached hydrogens (primary N) is 1. The third-order valence-corrected chi connectivity index (χ3v) is 7.89. The Morgan fingerprint density at radius 1 is 1.15 bits per heavy atom. The highest BCUT2D eigenvalue weighted by Crippen LogP contribution is 2.52. The largest absolute Gasteiger partial charge is 0.421 e. The number of hydrogen-bond acceptors (Lipinski definition) is 8. The van der Waals surface area contributed by atoms with Gasteiger partial charge in [0.25, 0.3) is 0 Å². The first-order valence-electron chi connectivity index (χ1n) is 11.9. The summed E-state index contributed by atoms with van der Waals surface area (Å²) in [6, 6.07) is 3.61. The van der Waals surface area contributed by atoms with Crippen molar-refractivity contribution in [3.8, 4) is 22.9 Å². The van der Waals surface area contributed by atoms with Crippen LogP contribution in [0.2, 0.25) is 0 Å². The van der Waals surface area contributed by atoms with Gasteiger partial charge in [0.15, 0.2) is 5.75 Å². The van der Waals surface area contributed by atoms with E-state index in [1.165, 1.54) is 6.07 Å². The van der Waals surface area contributed by atoms with Crippen molar-refractivity contribution < 1.29 is 9.13 Å². The maximum absolute atomic E-state index is 14.5. The summed E-state index contributed by atoms with van der Waals surface area (Å²) in [6.45, 7) is 1.69. The summed E-state index contributed by atoms with van der Waals surface area (Å²) in [4.78, 5) is 20.7. The van der Waals surface area contributed by atoms with E-state index in [-0.39, 0.29) is 23.3 Å². The first-order valence-corrected chi connectivity index (χ1v) is 11.9. The summed E-state index contributed by atoms with van der Waals surface area (Å²) < 4.78 is 20.5. The Balaban J connectivity index is 1.27. The molecule has 1 unspecified atom stereocenters. The molecule has 9 heteroatoms. The zero-order chi connectivity index (χ0) is 23.0. The molecule has 3 aromatic rings. The zero-order valence-electron chi connectivity index (χ0n) is 19.0. The van der Waals surface area contributed by atoms with Crippen LogP contribution in [0.5, 0.6) is 11.8 Å². The van der Waals surface area contributed by atoms with E-state index in [0.29, 0.717) is 18.1 Å². The Morgan fingerprint density at radius 3 is 2.59 bits per heavy atom. The average molecular weight is 460 g/mol. The molecular weight excluding hydrogens is 433 g/mol. The number of aromatic nitrogens is 4. The second kappa shape index (κ2) is 7.09. The maximum atomic E-state index is 14.5. The van der Waals surface area contributed by atoms with Crippen LogP contribution < -0.4 is 20.7 Å². The molecule has 3 aliphatic carbocycles. The number of nitrogens with one attached hydrogen (secondary N) is 1. The molecule has 1 aromatic carbocycles. The molecule has 34 heavy (non-hydrogen) atoms. The predicted molar refractivity (Wildman–Crippen MR) is 126 cm³/mol. The minimum absolute atomic E-state index is 0.171. The smallest absolute Gasteiger partial charge is 0.324 e. The lowest BCUT2D eigenvalue weighted by Gasteiger charge is -2.60. The number of fused-ring (bicyclic) bond motifs is 3. The molecule has 8 nitrogen and oxygen atoms in total. The van der Waals surface area contributed by atoms with E-state index in [0.717, 1.165) is 78.5 Å². The van der Waals surface area contributed by atoms with Gasteiger partial charge in [0.05, 0.1) is 18.1 Å². The van der Waals surface area contributed by atoms with Crippen molar-refractivity contribution in [2.75, 3.05) is 30.4 Å². The summed E-state index contributed by atoms with van der Waals surface area (Å²) in [5, 5.41) is 3.12. The van der Waals surface area contributed by atoms with E-state index in [4.69, 9.17) is 20.4 Å². The molecule has 3 heterocycles. The predicted octanol–water partition coefficient (Wildman–Crippen LogP) is 3.62. The molecule has 7 rings (SSSR count). The number of rotatable bonds is 5. The topological polar surface area (TPSA) is 102 Å². The molecule has 2 aromatic heterocycles. The fourth-order valence-electron chi connectivity index (χ4n) is 5.60. The van der Waals surface area contributed by atoms with Crippen LogP contribution in [-0.4, -0.2) is 46.1 Å². The molecule has 2 saturated carbocycles. The summed E-state index contributed by atoms with van der Waals surface area (Å²) in [5.74, 6) is 2.35. The Morgan fingerprint density at radius 2 is 1.94 bits per heavy atom. The van der Waals surface area contributed by atoms with E-state index in [9.17, 15) is 4.39 Å². The highest BCUT2D eigenvalue weighted by molar-refractivity contribution is 5.88. The average Bonchev–Trinajstić information content (AvgIpc) is 3.58. The summed E-state index contributed by atoms with van der Waals surface area (Å²) in [6.07, 6.45) is 8.46. The Bertz CT molecular complexity index is 1300. The van der Waals surface area contributed by atoms with Crippen LogP contribution in [-0.2, 0) is 6.42 Å². The molecule has 1 spiro atoms. The van der Waals surface area contributed by atoms with Gasteiger partial charge in [-0.1, -0.05) is 0 Å². The van der Waals surface area contributed by atoms with Gasteiger partial charge in [0.2, 0.25) is 0 Å². The molecule has 3 fully saturated rings. The minimum Gasteiger partial charge on any atom is -0.421 e. The highest BCUT2D eigenvalue weighted by atomic mass is 19.1. The number of hydrogen-bond donors (Lipinski definition) is 2. The van der Waals surface area contributed by atoms with Crippen LogP contribution in [0.15, 0.2) is 24.5 Å². The molecule has 4 aliphatic rings. The molecule has 174 valence electrons. The molecule has 3 N–H and O–H groups in total. The van der Waals surface area contributed by atoms with E-state index in [1.54, 1.807) is 18.5 Å². The van der Waals surface area contributed by atoms with Crippen LogP contribution in [0.25, 0.3) is 11.1 Å². The summed E-state index contributed by atoms with van der Waals surface area (Å²) in [5.41, 5.74) is 10.9. The molecule has 1 saturated heterocycles. The fraction of sp³-hybridized carbons (Fsp3) is 0.440. The van der Waals surface area contributed by atoms with Crippen molar-refractivity contribution in [1.82, 2.24) is 19.9 Å². The van der Waals surface area contributed by atoms with Crippen molar-refractivity contribution in [1.29, 1.82) is 0 Å². The normalized spacial score (nSPS) is 21.5. The second-order valence-electron chi connectivity index (χ2n) is 10.1. The van der Waals surface area contributed by atoms with Gasteiger partial charge in [0.1, 0.15) is 17.5 Å². The van der Waals surface area contributed by atoms with Crippen molar-refractivity contribution in [3.63, 3.8) is 0 Å². The van der Waals surface area contributed by atoms with Gasteiger partial charge in [-0.25, -0.2) is 14.4 Å². The van der Waals surface area contributed by atoms with Crippen LogP contribution >= 0.6 is 0 Å². The molecule has 1 atom stereocenters. The maximum Gasteiger partial charge on any atom is 0.324 e. The zero-order valence-corrected chi connectivity index (χ0v) is 19.0. The Kier molecular flexibility index (Phi) is 4.18. The van der Waals surface area contributed by atoms with Gasteiger partial charge < -0.3 is 20.7 Å². The lowest BCUT2D eigenvalue weighted by atomic mass is 9.60. The number of anilines is 2. The quantitative estimate of drug-likeness (QED) is 0.467. The highest BCUT2D eigenvalue weighted by Gasteiger charge is 2.54. The van der Waals surface area contributed by atoms with E-state index < -0.39 is 0 Å². The minimum atomic E-state index is -0.281. The van der Waals surface area contributed by atoms with E-state index in [2.05, 4.69) is 20.2 Å². The van der Waals surface area contributed by atoms with Crippen LogP contribution in [0.4, 0.5) is 15.9 Å². The van der Waals surface area contributed by atoms with Crippen molar-refractivity contribution in [2.45, 2.75) is 44.1 Å². The number of halogens is 1. The van der Waals surface area contributed by atoms with Gasteiger partial charge in [-0.3, -0.25) is 0 Å². The van der Waals surface area contributed by atoms with Gasteiger partial charge in [-0.15, -0.1) is 0 Å². The summed E-state index contributed by atoms with van der Waals surface area (Å²) in [7, 11) is 1.81. The number of ether oxygens (including phenoxy) is 1. The van der Waals surface area contributed by atoms with Gasteiger partial charge in [-0.2, -0.15) is 9.97 Å². The van der Waals surface area contributed by atoms with Crippen molar-refractivity contribution in [3.05, 3.63) is 47.4 Å². The summed E-state index contributed by atoms with van der Waals surface area (Å²) >= 11 is 0. The molecule has 0 bridgehead atoms. The van der Waals surface area contributed by atoms with Crippen LogP contribution in [0.1, 0.15) is 48.7 Å². The monoisotopic (exact) mass is 459 g/mol. The van der Waals surface area contributed by atoms with Crippen molar-refractivity contribution >= 4 is 11.5 Å². The van der Waals surface area contributed by atoms with E-state index in [1.807, 2.05) is 7.05 Å². The third-order valence-electron chi connectivity index (χ3n) is 7.89. The molecule has 1 aliphatic heterocycles. The van der Waals surface area contributed by atoms with E-state index >= 15 is 0 Å². The lowest BCUT2D eigenvalue weighted by molar-refractivity contribution is 0.0558. The second-order valence-corrected chi connectivity index (χ2v) is 10.1. The Labute approximate surface area is 196 Å². The number of benzene rings is 1. The van der Waals surface area contributed by atoms with Crippen molar-refractivity contribution in [2.24, 2.45) is 11.1 Å².